The van der Waals surface area contributed by atoms with Crippen LogP contribution in [0.2, 0.25) is 0 Å². The van der Waals surface area contributed by atoms with Crippen molar-refractivity contribution in [3.05, 3.63) is 71.1 Å². The van der Waals surface area contributed by atoms with Gasteiger partial charge >= 0.3 is 0 Å². The van der Waals surface area contributed by atoms with Gasteiger partial charge in [-0.3, -0.25) is 4.79 Å². The van der Waals surface area contributed by atoms with E-state index >= 15 is 0 Å². The van der Waals surface area contributed by atoms with Gasteiger partial charge in [0.2, 0.25) is 5.91 Å². The first-order chi connectivity index (χ1) is 15.4. The summed E-state index contributed by atoms with van der Waals surface area (Å²) in [6.07, 6.45) is 3.18. The van der Waals surface area contributed by atoms with E-state index in [0.29, 0.717) is 29.5 Å². The second kappa shape index (κ2) is 10.5. The van der Waals surface area contributed by atoms with E-state index in [2.05, 4.69) is 10.5 Å². The number of para-hydroxylation sites is 2. The largest absolute Gasteiger partial charge is 0.493 e. The molecule has 168 valence electrons. The molecule has 0 saturated heterocycles. The third-order valence-electron chi connectivity index (χ3n) is 4.68. The Balaban J connectivity index is 1.66. The zero-order valence-corrected chi connectivity index (χ0v) is 19.0. The zero-order valence-electron chi connectivity index (χ0n) is 19.0. The van der Waals surface area contributed by atoms with Gasteiger partial charge in [-0.2, -0.15) is 0 Å². The van der Waals surface area contributed by atoms with Crippen LogP contribution in [0.5, 0.6) is 17.2 Å². The predicted octanol–water partition coefficient (Wildman–Crippen LogP) is 5.32. The molecule has 1 aromatic heterocycles. The highest BCUT2D eigenvalue weighted by molar-refractivity contribution is 6.02. The number of carbonyl (C=O) groups excluding carboxylic acids is 1. The minimum absolute atomic E-state index is 0.00870. The summed E-state index contributed by atoms with van der Waals surface area (Å²) in [5.41, 5.74) is 3.13. The molecule has 0 aliphatic heterocycles. The van der Waals surface area contributed by atoms with E-state index in [0.717, 1.165) is 22.6 Å². The summed E-state index contributed by atoms with van der Waals surface area (Å²) < 4.78 is 22.3. The number of nitrogens with one attached hydrogen (secondary N) is 1. The maximum absolute atomic E-state index is 12.4. The Morgan fingerprint density at radius 1 is 1.12 bits per heavy atom. The molecule has 0 fully saturated rings. The number of rotatable bonds is 9. The molecular weight excluding hydrogens is 408 g/mol. The monoisotopic (exact) mass is 436 g/mol. The quantitative estimate of drug-likeness (QED) is 0.457. The van der Waals surface area contributed by atoms with Crippen molar-refractivity contribution in [1.29, 1.82) is 0 Å². The maximum Gasteiger partial charge on any atom is 0.248 e. The highest BCUT2D eigenvalue weighted by atomic mass is 16.5. The smallest absolute Gasteiger partial charge is 0.248 e. The van der Waals surface area contributed by atoms with E-state index in [1.165, 1.54) is 6.08 Å². The maximum atomic E-state index is 12.4. The number of aryl methyl sites for hydroxylation is 2. The molecule has 32 heavy (non-hydrogen) atoms. The van der Waals surface area contributed by atoms with Crippen LogP contribution in [0.15, 0.2) is 53.1 Å². The molecule has 7 heteroatoms. The predicted molar refractivity (Wildman–Crippen MR) is 123 cm³/mol. The van der Waals surface area contributed by atoms with E-state index in [1.54, 1.807) is 25.3 Å². The number of hydrogen-bond acceptors (Lipinski definition) is 6. The lowest BCUT2D eigenvalue weighted by molar-refractivity contribution is -0.111. The third kappa shape index (κ3) is 5.91. The Bertz CT molecular complexity index is 1080. The van der Waals surface area contributed by atoms with Gasteiger partial charge in [-0.15, -0.1) is 0 Å². The van der Waals surface area contributed by atoms with E-state index in [-0.39, 0.29) is 12.0 Å². The van der Waals surface area contributed by atoms with Crippen molar-refractivity contribution in [1.82, 2.24) is 5.16 Å². The first kappa shape index (κ1) is 22.9. The lowest BCUT2D eigenvalue weighted by Crippen LogP contribution is -2.12. The molecule has 3 aromatic rings. The first-order valence-electron chi connectivity index (χ1n) is 10.3. The highest BCUT2D eigenvalue weighted by Gasteiger charge is 2.12. The molecule has 2 aromatic carbocycles. The fourth-order valence-electron chi connectivity index (χ4n) is 3.04. The number of carbonyl (C=O) groups is 1. The van der Waals surface area contributed by atoms with Crippen LogP contribution in [0.25, 0.3) is 6.08 Å². The average molecular weight is 437 g/mol. The second-order valence-corrected chi connectivity index (χ2v) is 7.49. The van der Waals surface area contributed by atoms with Crippen LogP contribution in [0.1, 0.15) is 36.4 Å². The van der Waals surface area contributed by atoms with E-state index < -0.39 is 0 Å². The number of ether oxygens (including phenoxy) is 3. The van der Waals surface area contributed by atoms with Crippen LogP contribution in [0.4, 0.5) is 5.69 Å². The van der Waals surface area contributed by atoms with Crippen LogP contribution < -0.4 is 19.5 Å². The van der Waals surface area contributed by atoms with E-state index in [4.69, 9.17) is 18.7 Å². The van der Waals surface area contributed by atoms with Gasteiger partial charge < -0.3 is 24.1 Å². The Hall–Kier alpha value is -3.74. The number of benzene rings is 2. The molecule has 0 bridgehead atoms. The molecule has 3 rings (SSSR count). The van der Waals surface area contributed by atoms with Crippen LogP contribution >= 0.6 is 0 Å². The van der Waals surface area contributed by atoms with Gasteiger partial charge in [0.25, 0.3) is 0 Å². The Morgan fingerprint density at radius 2 is 1.91 bits per heavy atom. The second-order valence-electron chi connectivity index (χ2n) is 7.49. The van der Waals surface area contributed by atoms with Crippen molar-refractivity contribution in [2.75, 3.05) is 12.4 Å². The number of anilines is 1. The van der Waals surface area contributed by atoms with E-state index in [1.807, 2.05) is 58.0 Å². The number of hydrogen-bond donors (Lipinski definition) is 1. The van der Waals surface area contributed by atoms with Crippen LogP contribution in [-0.2, 0) is 11.4 Å². The van der Waals surface area contributed by atoms with Gasteiger partial charge in [0.15, 0.2) is 11.5 Å². The molecule has 0 aliphatic carbocycles. The van der Waals surface area contributed by atoms with Crippen LogP contribution in [-0.4, -0.2) is 24.3 Å². The SMILES string of the molecule is COc1cc(/C=C/C(=O)Nc2ccccc2OC(C)C)ccc1OCc1c(C)noc1C. The summed E-state index contributed by atoms with van der Waals surface area (Å²) >= 11 is 0. The molecule has 0 unspecified atom stereocenters. The fourth-order valence-corrected chi connectivity index (χ4v) is 3.04. The molecule has 1 N–H and O–H groups in total. The molecule has 1 heterocycles. The third-order valence-corrected chi connectivity index (χ3v) is 4.68. The lowest BCUT2D eigenvalue weighted by Gasteiger charge is -2.14. The van der Waals surface area contributed by atoms with Crippen molar-refractivity contribution in [3.63, 3.8) is 0 Å². The summed E-state index contributed by atoms with van der Waals surface area (Å²) in [6.45, 7) is 7.93. The Morgan fingerprint density at radius 3 is 2.59 bits per heavy atom. The van der Waals surface area contributed by atoms with Gasteiger partial charge in [-0.1, -0.05) is 23.4 Å². The molecule has 0 spiro atoms. The zero-order chi connectivity index (χ0) is 23.1. The topological polar surface area (TPSA) is 82.8 Å². The number of amides is 1. The number of methoxy groups -OCH3 is 1. The van der Waals surface area contributed by atoms with Crippen LogP contribution in [0, 0.1) is 13.8 Å². The van der Waals surface area contributed by atoms with Crippen molar-refractivity contribution in [2.24, 2.45) is 0 Å². The number of aromatic nitrogens is 1. The van der Waals surface area contributed by atoms with Gasteiger partial charge in [0.1, 0.15) is 18.1 Å². The summed E-state index contributed by atoms with van der Waals surface area (Å²) in [5.74, 6) is 2.25. The lowest BCUT2D eigenvalue weighted by atomic mass is 10.1. The van der Waals surface area contributed by atoms with Gasteiger partial charge in [0.05, 0.1) is 30.2 Å². The minimum Gasteiger partial charge on any atom is -0.493 e. The van der Waals surface area contributed by atoms with Crippen molar-refractivity contribution in [2.45, 2.75) is 40.4 Å². The molecule has 0 aliphatic rings. The molecule has 1 amide bonds. The summed E-state index contributed by atoms with van der Waals surface area (Å²) in [7, 11) is 1.57. The molecule has 0 radical (unpaired) electrons. The van der Waals surface area contributed by atoms with Gasteiger partial charge in [-0.05, 0) is 63.6 Å². The normalized spacial score (nSPS) is 11.1. The molecule has 7 nitrogen and oxygen atoms in total. The van der Waals surface area contributed by atoms with Gasteiger partial charge in [-0.25, -0.2) is 0 Å². The van der Waals surface area contributed by atoms with Crippen molar-refractivity contribution in [3.8, 4) is 17.2 Å². The van der Waals surface area contributed by atoms with Gasteiger partial charge in [0, 0.05) is 6.08 Å². The highest BCUT2D eigenvalue weighted by Crippen LogP contribution is 2.30. The van der Waals surface area contributed by atoms with Crippen molar-refractivity contribution < 1.29 is 23.5 Å². The Labute approximate surface area is 188 Å². The molecule has 0 atom stereocenters. The van der Waals surface area contributed by atoms with Crippen LogP contribution in [0.3, 0.4) is 0 Å². The van der Waals surface area contributed by atoms with E-state index in [9.17, 15) is 4.79 Å². The summed E-state index contributed by atoms with van der Waals surface area (Å²) in [4.78, 5) is 12.4. The summed E-state index contributed by atoms with van der Waals surface area (Å²) in [6, 6.07) is 12.8. The first-order valence-corrected chi connectivity index (χ1v) is 10.3. The Kier molecular flexibility index (Phi) is 7.54. The molecular formula is C25H28N2O5. The fraction of sp³-hybridized carbons (Fsp3) is 0.280. The van der Waals surface area contributed by atoms with Crippen molar-refractivity contribution >= 4 is 17.7 Å². The molecule has 0 saturated carbocycles. The average Bonchev–Trinajstić information content (AvgIpc) is 3.09. The number of nitrogens with zero attached hydrogens (tertiary/aromatic N) is 1. The standard InChI is InChI=1S/C25H28N2O5/c1-16(2)31-22-9-7-6-8-21(22)26-25(28)13-11-19-10-12-23(24(14-19)29-5)30-15-20-17(3)27-32-18(20)4/h6-14,16H,15H2,1-5H3,(H,26,28)/b13-11+. The summed E-state index contributed by atoms with van der Waals surface area (Å²) in [5, 5.41) is 6.79. The minimum atomic E-state index is -0.262.